The summed E-state index contributed by atoms with van der Waals surface area (Å²) in [5.74, 6) is -2.48. The van der Waals surface area contributed by atoms with Gasteiger partial charge in [0.25, 0.3) is 0 Å². The lowest BCUT2D eigenvalue weighted by Crippen LogP contribution is -2.66. The number of aliphatic carboxylic acids is 1. The van der Waals surface area contributed by atoms with Crippen molar-refractivity contribution in [3.05, 3.63) is 10.6 Å². The zero-order chi connectivity index (χ0) is 23.2. The lowest BCUT2D eigenvalue weighted by Gasteiger charge is -2.47. The third-order valence-corrected chi connectivity index (χ3v) is 7.75. The maximum atomic E-state index is 12.9. The first-order valence-electron chi connectivity index (χ1n) is 10.4. The highest BCUT2D eigenvalue weighted by Gasteiger charge is 2.60. The molecule has 0 aromatic heterocycles. The van der Waals surface area contributed by atoms with Gasteiger partial charge in [-0.15, -0.1) is 11.8 Å². The number of amides is 3. The molecule has 0 aromatic rings. The number of carboxylic acids is 1. The molecule has 2 unspecified atom stereocenters. The number of carbonyl (C=O) groups excluding carboxylic acids is 3. The number of fused-ring (bicyclic) bond motifs is 1. The standard InChI is InChI=1S/C20H31N5O5S/c1-8-14-13(10(3)23-17(26)9(2)21)19(28)25(14)15(20(29)30)16(8)31-11-6-12(22-7-11)18(27)24(4)5/h8-14,22H,6-7,21H2,1-5H3,(H,23,26)(H,29,30)/t8-,9?,10?,11+,12+,13-,14-/m1/s1. The Hall–Kier alpha value is -2.11. The SMILES string of the molecule is CC(N)C(=O)NC(C)[C@H]1C(=O)N2C(C(=O)O)=C(S[C@@H]3CN[C@H](C(=O)N(C)C)C3)[C@H](C)[C@H]12. The van der Waals surface area contributed by atoms with Gasteiger partial charge < -0.3 is 31.3 Å². The molecule has 3 rings (SSSR count). The van der Waals surface area contributed by atoms with E-state index in [4.69, 9.17) is 5.73 Å². The van der Waals surface area contributed by atoms with Gasteiger partial charge in [0, 0.05) is 42.8 Å². The van der Waals surface area contributed by atoms with Crippen molar-refractivity contribution in [1.29, 1.82) is 0 Å². The quantitative estimate of drug-likeness (QED) is 0.365. The number of carboxylic acid groups (broad SMARTS) is 1. The minimum Gasteiger partial charge on any atom is -0.477 e. The molecule has 2 fully saturated rings. The van der Waals surface area contributed by atoms with Crippen LogP contribution in [0.2, 0.25) is 0 Å². The number of rotatable bonds is 7. The monoisotopic (exact) mass is 453 g/mol. The van der Waals surface area contributed by atoms with Gasteiger partial charge in [0.15, 0.2) is 0 Å². The van der Waals surface area contributed by atoms with Crippen molar-refractivity contribution in [1.82, 2.24) is 20.4 Å². The van der Waals surface area contributed by atoms with Gasteiger partial charge in [-0.3, -0.25) is 14.4 Å². The van der Waals surface area contributed by atoms with E-state index in [-0.39, 0.29) is 46.7 Å². The molecule has 0 aliphatic carbocycles. The number of β-lactam (4-membered cyclic amide) rings is 1. The van der Waals surface area contributed by atoms with E-state index >= 15 is 0 Å². The van der Waals surface area contributed by atoms with Crippen LogP contribution in [0.15, 0.2) is 10.6 Å². The van der Waals surface area contributed by atoms with Crippen molar-refractivity contribution in [3.8, 4) is 0 Å². The van der Waals surface area contributed by atoms with Crippen molar-refractivity contribution in [3.63, 3.8) is 0 Å². The van der Waals surface area contributed by atoms with Gasteiger partial charge in [-0.05, 0) is 20.3 Å². The molecule has 3 heterocycles. The number of thioether (sulfide) groups is 1. The van der Waals surface area contributed by atoms with Crippen LogP contribution < -0.4 is 16.4 Å². The van der Waals surface area contributed by atoms with Crippen LogP contribution in [0.25, 0.3) is 0 Å². The summed E-state index contributed by atoms with van der Waals surface area (Å²) in [6.45, 7) is 5.82. The summed E-state index contributed by atoms with van der Waals surface area (Å²) in [5.41, 5.74) is 5.63. The normalized spacial score (nSPS) is 31.7. The highest BCUT2D eigenvalue weighted by atomic mass is 32.2. The van der Waals surface area contributed by atoms with E-state index < -0.39 is 24.0 Å². The van der Waals surface area contributed by atoms with Gasteiger partial charge in [0.2, 0.25) is 17.7 Å². The molecule has 0 bridgehead atoms. The molecule has 2 saturated heterocycles. The second kappa shape index (κ2) is 8.79. The summed E-state index contributed by atoms with van der Waals surface area (Å²) >= 11 is 1.44. The van der Waals surface area contributed by atoms with Gasteiger partial charge in [-0.1, -0.05) is 6.92 Å². The maximum Gasteiger partial charge on any atom is 0.353 e. The van der Waals surface area contributed by atoms with E-state index in [0.29, 0.717) is 17.9 Å². The van der Waals surface area contributed by atoms with Crippen molar-refractivity contribution >= 4 is 35.5 Å². The van der Waals surface area contributed by atoms with Crippen LogP contribution in [-0.2, 0) is 19.2 Å². The Morgan fingerprint density at radius 3 is 2.52 bits per heavy atom. The average molecular weight is 454 g/mol. The van der Waals surface area contributed by atoms with Crippen LogP contribution in [-0.4, -0.2) is 88.7 Å². The van der Waals surface area contributed by atoms with Crippen LogP contribution in [0.5, 0.6) is 0 Å². The molecule has 3 aliphatic heterocycles. The van der Waals surface area contributed by atoms with Crippen molar-refractivity contribution < 1.29 is 24.3 Å². The number of likely N-dealkylation sites (N-methyl/N-ethyl adjacent to an activating group) is 1. The van der Waals surface area contributed by atoms with E-state index in [1.807, 2.05) is 6.92 Å². The Morgan fingerprint density at radius 1 is 1.32 bits per heavy atom. The van der Waals surface area contributed by atoms with Crippen LogP contribution in [0.4, 0.5) is 0 Å². The minimum absolute atomic E-state index is 0.00670. The zero-order valence-corrected chi connectivity index (χ0v) is 19.2. The van der Waals surface area contributed by atoms with E-state index in [0.717, 1.165) is 0 Å². The van der Waals surface area contributed by atoms with E-state index in [1.165, 1.54) is 21.6 Å². The summed E-state index contributed by atoms with van der Waals surface area (Å²) in [5, 5.41) is 15.8. The Balaban J connectivity index is 1.75. The topological polar surface area (TPSA) is 145 Å². The Bertz CT molecular complexity index is 829. The molecule has 31 heavy (non-hydrogen) atoms. The van der Waals surface area contributed by atoms with Gasteiger partial charge in [0.05, 0.1) is 24.0 Å². The molecule has 10 nitrogen and oxygen atoms in total. The first kappa shape index (κ1) is 23.6. The summed E-state index contributed by atoms with van der Waals surface area (Å²) in [6.07, 6.45) is 0.591. The van der Waals surface area contributed by atoms with Gasteiger partial charge in [-0.2, -0.15) is 0 Å². The maximum absolute atomic E-state index is 12.9. The van der Waals surface area contributed by atoms with Crippen molar-refractivity contribution in [2.75, 3.05) is 20.6 Å². The first-order valence-corrected chi connectivity index (χ1v) is 11.3. The molecule has 3 aliphatic rings. The number of carbonyl (C=O) groups is 4. The summed E-state index contributed by atoms with van der Waals surface area (Å²) < 4.78 is 0. The number of hydrogen-bond acceptors (Lipinski definition) is 7. The van der Waals surface area contributed by atoms with Crippen molar-refractivity contribution in [2.45, 2.75) is 56.6 Å². The second-order valence-corrected chi connectivity index (χ2v) is 10.1. The molecule has 11 heteroatoms. The van der Waals surface area contributed by atoms with E-state index in [2.05, 4.69) is 10.6 Å². The zero-order valence-electron chi connectivity index (χ0n) is 18.4. The highest BCUT2D eigenvalue weighted by molar-refractivity contribution is 8.03. The molecule has 3 amide bonds. The summed E-state index contributed by atoms with van der Waals surface area (Å²) in [6, 6.07) is -1.76. The summed E-state index contributed by atoms with van der Waals surface area (Å²) in [7, 11) is 3.41. The van der Waals surface area contributed by atoms with Crippen LogP contribution in [0.1, 0.15) is 27.2 Å². The first-order chi connectivity index (χ1) is 14.5. The predicted molar refractivity (Wildman–Crippen MR) is 116 cm³/mol. The van der Waals surface area contributed by atoms with Gasteiger partial charge in [0.1, 0.15) is 5.70 Å². The number of nitrogens with zero attached hydrogens (tertiary/aromatic N) is 2. The molecule has 7 atom stereocenters. The average Bonchev–Trinajstić information content (AvgIpc) is 3.23. The largest absolute Gasteiger partial charge is 0.477 e. The number of nitrogens with one attached hydrogen (secondary N) is 2. The van der Waals surface area contributed by atoms with Crippen LogP contribution in [0, 0.1) is 11.8 Å². The lowest BCUT2D eigenvalue weighted by molar-refractivity contribution is -0.158. The van der Waals surface area contributed by atoms with Gasteiger partial charge >= 0.3 is 5.97 Å². The Labute approximate surface area is 185 Å². The smallest absolute Gasteiger partial charge is 0.353 e. The van der Waals surface area contributed by atoms with E-state index in [9.17, 15) is 24.3 Å². The number of nitrogens with two attached hydrogens (primary N) is 1. The second-order valence-electron chi connectivity index (χ2n) is 8.79. The molecule has 5 N–H and O–H groups in total. The Kier molecular flexibility index (Phi) is 6.68. The highest BCUT2D eigenvalue weighted by Crippen LogP contribution is 2.51. The van der Waals surface area contributed by atoms with Gasteiger partial charge in [-0.25, -0.2) is 4.79 Å². The molecular weight excluding hydrogens is 422 g/mol. The third-order valence-electron chi connectivity index (χ3n) is 6.24. The molecule has 0 spiro atoms. The molecular formula is C20H31N5O5S. The van der Waals surface area contributed by atoms with Crippen molar-refractivity contribution in [2.24, 2.45) is 17.6 Å². The van der Waals surface area contributed by atoms with Crippen LogP contribution in [0.3, 0.4) is 0 Å². The fourth-order valence-electron chi connectivity index (χ4n) is 4.61. The summed E-state index contributed by atoms with van der Waals surface area (Å²) in [4.78, 5) is 52.7. The lowest BCUT2D eigenvalue weighted by atomic mass is 9.78. The fraction of sp³-hybridized carbons (Fsp3) is 0.700. The van der Waals surface area contributed by atoms with E-state index in [1.54, 1.807) is 27.9 Å². The molecule has 0 saturated carbocycles. The molecule has 0 aromatic carbocycles. The minimum atomic E-state index is -1.14. The third kappa shape index (κ3) is 4.18. The number of hydrogen-bond donors (Lipinski definition) is 4. The Morgan fingerprint density at radius 2 is 1.97 bits per heavy atom. The molecule has 172 valence electrons. The fourth-order valence-corrected chi connectivity index (χ4v) is 6.09. The molecule has 0 radical (unpaired) electrons. The predicted octanol–water partition coefficient (Wildman–Crippen LogP) is -0.837. The van der Waals surface area contributed by atoms with Crippen LogP contribution >= 0.6 is 11.8 Å².